The quantitative estimate of drug-likeness (QED) is 0.236. The molecule has 2 aromatic carbocycles. The van der Waals surface area contributed by atoms with Gasteiger partial charge in [-0.25, -0.2) is 0 Å². The van der Waals surface area contributed by atoms with Gasteiger partial charge in [0.2, 0.25) is 11.2 Å². The molecule has 0 fully saturated rings. The van der Waals surface area contributed by atoms with Crippen molar-refractivity contribution in [1.82, 2.24) is 0 Å². The lowest BCUT2D eigenvalue weighted by Gasteiger charge is -2.08. The van der Waals surface area contributed by atoms with Crippen molar-refractivity contribution in [2.75, 3.05) is 0 Å². The maximum atomic E-state index is 12.6. The third-order valence-electron chi connectivity index (χ3n) is 6.54. The molecule has 0 atom stereocenters. The number of unbranched alkanes of at least 4 members (excludes halogenated alkanes) is 12. The van der Waals surface area contributed by atoms with Crippen molar-refractivity contribution in [3.05, 3.63) is 64.3 Å². The summed E-state index contributed by atoms with van der Waals surface area (Å²) in [4.78, 5) is 12.6. The second kappa shape index (κ2) is 13.9. The number of benzene rings is 2. The van der Waals surface area contributed by atoms with Crippen molar-refractivity contribution in [2.24, 2.45) is 0 Å². The summed E-state index contributed by atoms with van der Waals surface area (Å²) in [6.07, 6.45) is 18.5. The fourth-order valence-electron chi connectivity index (χ4n) is 4.52. The molecule has 0 aliphatic rings. The number of fused-ring (bicyclic) bond motifs is 1. The summed E-state index contributed by atoms with van der Waals surface area (Å²) in [7, 11) is 0. The summed E-state index contributed by atoms with van der Waals surface area (Å²) >= 11 is 0. The highest BCUT2D eigenvalue weighted by Gasteiger charge is 2.15. The average Bonchev–Trinajstić information content (AvgIpc) is 2.84. The fraction of sp³-hybridized carbons (Fsp3) is 0.500. The molecule has 1 aromatic heterocycles. The molecule has 0 saturated heterocycles. The Kier molecular flexibility index (Phi) is 10.5. The minimum Gasteiger partial charge on any atom is -0.502 e. The van der Waals surface area contributed by atoms with E-state index in [1.54, 1.807) is 6.07 Å². The third kappa shape index (κ3) is 7.77. The number of hydrogen-bond donors (Lipinski definition) is 1. The minimum absolute atomic E-state index is 0.242. The Balaban J connectivity index is 1.41. The van der Waals surface area contributed by atoms with Gasteiger partial charge in [0.25, 0.3) is 0 Å². The molecule has 0 spiro atoms. The Bertz CT molecular complexity index is 1020. The van der Waals surface area contributed by atoms with Gasteiger partial charge in [0.15, 0.2) is 5.76 Å². The number of aromatic hydroxyl groups is 1. The Labute approximate surface area is 198 Å². The Morgan fingerprint density at radius 1 is 0.727 bits per heavy atom. The van der Waals surface area contributed by atoms with E-state index >= 15 is 0 Å². The summed E-state index contributed by atoms with van der Waals surface area (Å²) < 4.78 is 5.97. The van der Waals surface area contributed by atoms with Crippen LogP contribution < -0.4 is 5.43 Å². The highest BCUT2D eigenvalue weighted by atomic mass is 16.4. The van der Waals surface area contributed by atoms with E-state index in [-0.39, 0.29) is 16.9 Å². The topological polar surface area (TPSA) is 50.4 Å². The monoisotopic (exact) mass is 448 g/mol. The molecule has 3 nitrogen and oxygen atoms in total. The second-order valence-electron chi connectivity index (χ2n) is 9.30. The van der Waals surface area contributed by atoms with Crippen LogP contribution in [0.3, 0.4) is 0 Å². The standard InChI is InChI=1S/C30H40O3/c1-2-3-4-5-6-7-8-9-10-11-12-13-15-18-24-21-22-26-27(23-24)33-30(29(32)28(26)31)25-19-16-14-17-20-25/h14,16-17,19-23,32H,2-13,15,18H2,1H3. The van der Waals surface area contributed by atoms with E-state index in [0.29, 0.717) is 16.5 Å². The van der Waals surface area contributed by atoms with E-state index in [9.17, 15) is 9.90 Å². The summed E-state index contributed by atoms with van der Waals surface area (Å²) in [6.45, 7) is 2.27. The highest BCUT2D eigenvalue weighted by Crippen LogP contribution is 2.30. The van der Waals surface area contributed by atoms with Gasteiger partial charge >= 0.3 is 0 Å². The van der Waals surface area contributed by atoms with Crippen LogP contribution in [-0.4, -0.2) is 5.11 Å². The minimum atomic E-state index is -0.373. The van der Waals surface area contributed by atoms with E-state index in [4.69, 9.17) is 4.42 Å². The summed E-state index contributed by atoms with van der Waals surface area (Å²) in [5, 5.41) is 10.8. The molecule has 0 amide bonds. The summed E-state index contributed by atoms with van der Waals surface area (Å²) in [5.74, 6) is -0.0795. The van der Waals surface area contributed by atoms with Crippen LogP contribution in [0, 0.1) is 0 Å². The highest BCUT2D eigenvalue weighted by molar-refractivity contribution is 5.82. The Hall–Kier alpha value is -2.55. The molecule has 0 saturated carbocycles. The van der Waals surface area contributed by atoms with Crippen molar-refractivity contribution in [3.8, 4) is 17.1 Å². The van der Waals surface area contributed by atoms with Crippen LogP contribution in [0.1, 0.15) is 96.0 Å². The first-order chi connectivity index (χ1) is 16.2. The summed E-state index contributed by atoms with van der Waals surface area (Å²) in [6, 6.07) is 15.0. The number of aryl methyl sites for hydroxylation is 1. The van der Waals surface area contributed by atoms with Gasteiger partial charge in [0, 0.05) is 5.56 Å². The molecule has 0 unspecified atom stereocenters. The molecule has 3 rings (SSSR count). The van der Waals surface area contributed by atoms with Gasteiger partial charge < -0.3 is 9.52 Å². The van der Waals surface area contributed by atoms with Gasteiger partial charge in [0.1, 0.15) is 5.58 Å². The molecule has 178 valence electrons. The maximum absolute atomic E-state index is 12.6. The van der Waals surface area contributed by atoms with Gasteiger partial charge in [-0.3, -0.25) is 4.79 Å². The first-order valence-electron chi connectivity index (χ1n) is 13.0. The Morgan fingerprint density at radius 2 is 1.30 bits per heavy atom. The second-order valence-corrected chi connectivity index (χ2v) is 9.30. The van der Waals surface area contributed by atoms with Crippen molar-refractivity contribution in [2.45, 2.75) is 96.8 Å². The predicted molar refractivity (Wildman–Crippen MR) is 139 cm³/mol. The van der Waals surface area contributed by atoms with E-state index in [0.717, 1.165) is 12.8 Å². The molecule has 0 aliphatic heterocycles. The van der Waals surface area contributed by atoms with Gasteiger partial charge in [-0.2, -0.15) is 0 Å². The number of rotatable bonds is 15. The van der Waals surface area contributed by atoms with Gasteiger partial charge in [-0.15, -0.1) is 0 Å². The number of hydrogen-bond acceptors (Lipinski definition) is 3. The first kappa shape index (κ1) is 25.1. The predicted octanol–water partition coefficient (Wildman–Crippen LogP) is 8.80. The SMILES string of the molecule is CCCCCCCCCCCCCCCc1ccc2c(=O)c(O)c(-c3ccccc3)oc2c1. The largest absolute Gasteiger partial charge is 0.502 e. The van der Waals surface area contributed by atoms with Crippen LogP contribution >= 0.6 is 0 Å². The van der Waals surface area contributed by atoms with E-state index in [1.165, 1.54) is 82.6 Å². The molecular weight excluding hydrogens is 408 g/mol. The molecule has 0 aliphatic carbocycles. The van der Waals surface area contributed by atoms with Gasteiger partial charge in [-0.1, -0.05) is 120 Å². The molecular formula is C30H40O3. The van der Waals surface area contributed by atoms with Crippen molar-refractivity contribution < 1.29 is 9.52 Å². The van der Waals surface area contributed by atoms with Crippen molar-refractivity contribution in [3.63, 3.8) is 0 Å². The molecule has 3 aromatic rings. The van der Waals surface area contributed by atoms with Gasteiger partial charge in [0.05, 0.1) is 5.39 Å². The van der Waals surface area contributed by atoms with Crippen molar-refractivity contribution in [1.29, 1.82) is 0 Å². The van der Waals surface area contributed by atoms with Crippen LogP contribution in [0.5, 0.6) is 5.75 Å². The molecule has 0 bridgehead atoms. The van der Waals surface area contributed by atoms with E-state index in [2.05, 4.69) is 6.92 Å². The maximum Gasteiger partial charge on any atom is 0.235 e. The smallest absolute Gasteiger partial charge is 0.235 e. The lowest BCUT2D eigenvalue weighted by molar-refractivity contribution is 0.449. The van der Waals surface area contributed by atoms with Crippen LogP contribution in [-0.2, 0) is 6.42 Å². The van der Waals surface area contributed by atoms with Crippen LogP contribution in [0.25, 0.3) is 22.3 Å². The van der Waals surface area contributed by atoms with Crippen molar-refractivity contribution >= 4 is 11.0 Å². The first-order valence-corrected chi connectivity index (χ1v) is 13.0. The van der Waals surface area contributed by atoms with Gasteiger partial charge in [-0.05, 0) is 30.5 Å². The van der Waals surface area contributed by atoms with Crippen LogP contribution in [0.4, 0.5) is 0 Å². The zero-order valence-electron chi connectivity index (χ0n) is 20.3. The van der Waals surface area contributed by atoms with Crippen LogP contribution in [0.2, 0.25) is 0 Å². The zero-order chi connectivity index (χ0) is 23.3. The lowest BCUT2D eigenvalue weighted by Crippen LogP contribution is -2.03. The molecule has 0 radical (unpaired) electrons. The molecule has 1 heterocycles. The summed E-state index contributed by atoms with van der Waals surface area (Å²) in [5.41, 5.74) is 2.06. The molecule has 1 N–H and O–H groups in total. The third-order valence-corrected chi connectivity index (χ3v) is 6.54. The van der Waals surface area contributed by atoms with Crippen LogP contribution in [0.15, 0.2) is 57.7 Å². The van der Waals surface area contributed by atoms with E-state index < -0.39 is 0 Å². The fourth-order valence-corrected chi connectivity index (χ4v) is 4.52. The molecule has 3 heteroatoms. The normalized spacial score (nSPS) is 11.3. The van der Waals surface area contributed by atoms with E-state index in [1.807, 2.05) is 42.5 Å². The lowest BCUT2D eigenvalue weighted by atomic mass is 10.0. The average molecular weight is 449 g/mol. The molecule has 33 heavy (non-hydrogen) atoms. The zero-order valence-corrected chi connectivity index (χ0v) is 20.3. The Morgan fingerprint density at radius 3 is 1.91 bits per heavy atom.